The van der Waals surface area contributed by atoms with E-state index >= 15 is 0 Å². The van der Waals surface area contributed by atoms with E-state index in [2.05, 4.69) is 10.3 Å². The monoisotopic (exact) mass is 483 g/mol. The third-order valence-electron chi connectivity index (χ3n) is 5.01. The predicted molar refractivity (Wildman–Crippen MR) is 137 cm³/mol. The number of benzene rings is 3. The lowest BCUT2D eigenvalue weighted by atomic mass is 10.1. The molecule has 3 aromatic carbocycles. The van der Waals surface area contributed by atoms with Crippen LogP contribution in [0.1, 0.15) is 5.69 Å². The topological polar surface area (TPSA) is 71.5 Å². The number of carbonyl (C=O) groups is 2. The van der Waals surface area contributed by atoms with Crippen molar-refractivity contribution < 1.29 is 14.3 Å². The summed E-state index contributed by atoms with van der Waals surface area (Å²) in [5.41, 5.74) is 1.98. The molecule has 0 unspecified atom stereocenters. The molecule has 8 heteroatoms. The number of aromatic nitrogens is 1. The van der Waals surface area contributed by atoms with Crippen LogP contribution in [-0.2, 0) is 9.59 Å². The van der Waals surface area contributed by atoms with E-state index in [9.17, 15) is 9.59 Å². The van der Waals surface area contributed by atoms with E-state index in [1.807, 2.05) is 66.0 Å². The van der Waals surface area contributed by atoms with Crippen molar-refractivity contribution in [1.29, 1.82) is 0 Å². The molecule has 2 amide bonds. The van der Waals surface area contributed by atoms with E-state index in [-0.39, 0.29) is 10.7 Å². The summed E-state index contributed by atoms with van der Waals surface area (Å²) in [6.45, 7) is 0. The second-order valence-corrected chi connectivity index (χ2v) is 8.56. The van der Waals surface area contributed by atoms with Crippen molar-refractivity contribution in [2.24, 2.45) is 0 Å². The molecule has 5 rings (SSSR count). The number of nitrogens with one attached hydrogen (secondary N) is 1. The molecule has 1 aliphatic rings. The molecule has 1 N–H and O–H groups in total. The first-order valence-corrected chi connectivity index (χ1v) is 11.6. The van der Waals surface area contributed by atoms with E-state index in [1.165, 1.54) is 22.3 Å². The number of rotatable bonds is 5. The Morgan fingerprint density at radius 3 is 2.24 bits per heavy atom. The van der Waals surface area contributed by atoms with Crippen molar-refractivity contribution in [3.05, 3.63) is 102 Å². The molecule has 166 valence electrons. The van der Waals surface area contributed by atoms with Gasteiger partial charge in [0.05, 0.1) is 11.4 Å². The summed E-state index contributed by atoms with van der Waals surface area (Å²) in [6, 6.07) is 26.0. The first-order chi connectivity index (χ1) is 16.6. The molecule has 34 heavy (non-hydrogen) atoms. The number of anilines is 1. The highest BCUT2D eigenvalue weighted by Crippen LogP contribution is 2.28. The number of para-hydroxylation sites is 1. The van der Waals surface area contributed by atoms with Crippen LogP contribution < -0.4 is 15.0 Å². The van der Waals surface area contributed by atoms with E-state index in [0.717, 1.165) is 10.6 Å². The molecule has 2 heterocycles. The SMILES string of the molecule is O=C1NC(=S)N(c2ccc(Oc3ccccc3)cc2)C(=O)/C1=C/c1csc(-c2ccccc2)n1. The maximum absolute atomic E-state index is 13.3. The third-order valence-corrected chi connectivity index (χ3v) is 6.20. The zero-order chi connectivity index (χ0) is 23.5. The lowest BCUT2D eigenvalue weighted by Gasteiger charge is -2.28. The maximum Gasteiger partial charge on any atom is 0.270 e. The van der Waals surface area contributed by atoms with Crippen molar-refractivity contribution in [2.45, 2.75) is 0 Å². The lowest BCUT2D eigenvalue weighted by Crippen LogP contribution is -2.54. The molecule has 6 nitrogen and oxygen atoms in total. The van der Waals surface area contributed by atoms with Crippen molar-refractivity contribution in [3.8, 4) is 22.1 Å². The van der Waals surface area contributed by atoms with Crippen molar-refractivity contribution >= 4 is 52.2 Å². The fourth-order valence-corrected chi connectivity index (χ4v) is 4.46. The first kappa shape index (κ1) is 21.7. The summed E-state index contributed by atoms with van der Waals surface area (Å²) in [5, 5.41) is 5.23. The van der Waals surface area contributed by atoms with Crippen LogP contribution >= 0.6 is 23.6 Å². The van der Waals surface area contributed by atoms with Gasteiger partial charge in [-0.2, -0.15) is 0 Å². The lowest BCUT2D eigenvalue weighted by molar-refractivity contribution is -0.122. The molecule has 0 spiro atoms. The van der Waals surface area contributed by atoms with Gasteiger partial charge in [-0.05, 0) is 54.7 Å². The maximum atomic E-state index is 13.3. The van der Waals surface area contributed by atoms with Gasteiger partial charge in [-0.25, -0.2) is 4.98 Å². The molecule has 0 bridgehead atoms. The van der Waals surface area contributed by atoms with Gasteiger partial charge in [0.15, 0.2) is 5.11 Å². The highest BCUT2D eigenvalue weighted by atomic mass is 32.1. The molecular formula is C26H17N3O3S2. The third kappa shape index (κ3) is 4.50. The average Bonchev–Trinajstić information content (AvgIpc) is 3.33. The number of hydrogen-bond donors (Lipinski definition) is 1. The van der Waals surface area contributed by atoms with E-state index < -0.39 is 11.8 Å². The number of nitrogens with zero attached hydrogens (tertiary/aromatic N) is 2. The number of hydrogen-bond acceptors (Lipinski definition) is 6. The minimum Gasteiger partial charge on any atom is -0.457 e. The van der Waals surface area contributed by atoms with Gasteiger partial charge in [-0.15, -0.1) is 11.3 Å². The van der Waals surface area contributed by atoms with Crippen LogP contribution in [0.2, 0.25) is 0 Å². The zero-order valence-corrected chi connectivity index (χ0v) is 19.3. The summed E-state index contributed by atoms with van der Waals surface area (Å²) < 4.78 is 5.81. The smallest absolute Gasteiger partial charge is 0.270 e. The van der Waals surface area contributed by atoms with E-state index in [1.54, 1.807) is 24.3 Å². The van der Waals surface area contributed by atoms with Crippen LogP contribution in [0.3, 0.4) is 0 Å². The number of thiocarbonyl (C=S) groups is 1. The molecule has 1 aliphatic heterocycles. The Kier molecular flexibility index (Phi) is 5.99. The van der Waals surface area contributed by atoms with E-state index in [4.69, 9.17) is 17.0 Å². The molecule has 1 saturated heterocycles. The van der Waals surface area contributed by atoms with Crippen molar-refractivity contribution in [3.63, 3.8) is 0 Å². The van der Waals surface area contributed by atoms with Crippen LogP contribution in [-0.4, -0.2) is 21.9 Å². The number of amides is 2. The second kappa shape index (κ2) is 9.38. The molecule has 4 aromatic rings. The molecule has 0 aliphatic carbocycles. The predicted octanol–water partition coefficient (Wildman–Crippen LogP) is 5.43. The van der Waals surface area contributed by atoms with Gasteiger partial charge >= 0.3 is 0 Å². The molecule has 1 fully saturated rings. The number of thiazole rings is 1. The van der Waals surface area contributed by atoms with Gasteiger partial charge in [-0.3, -0.25) is 19.8 Å². The van der Waals surface area contributed by atoms with Crippen molar-refractivity contribution in [2.75, 3.05) is 4.90 Å². The average molecular weight is 484 g/mol. The summed E-state index contributed by atoms with van der Waals surface area (Å²) in [7, 11) is 0. The van der Waals surface area contributed by atoms with Gasteiger partial charge in [0, 0.05) is 10.9 Å². The molecular weight excluding hydrogens is 466 g/mol. The summed E-state index contributed by atoms with van der Waals surface area (Å²) in [4.78, 5) is 31.7. The Morgan fingerprint density at radius 1 is 0.882 bits per heavy atom. The minimum absolute atomic E-state index is 0.0205. The summed E-state index contributed by atoms with van der Waals surface area (Å²) in [5.74, 6) is 0.251. The Balaban J connectivity index is 1.39. The largest absolute Gasteiger partial charge is 0.457 e. The molecule has 0 saturated carbocycles. The summed E-state index contributed by atoms with van der Waals surface area (Å²) in [6.07, 6.45) is 1.49. The Labute approximate surface area is 205 Å². The van der Waals surface area contributed by atoms with Crippen LogP contribution in [0.4, 0.5) is 5.69 Å². The summed E-state index contributed by atoms with van der Waals surface area (Å²) >= 11 is 6.73. The zero-order valence-electron chi connectivity index (χ0n) is 17.7. The van der Waals surface area contributed by atoms with Crippen molar-refractivity contribution in [1.82, 2.24) is 10.3 Å². The van der Waals surface area contributed by atoms with Gasteiger partial charge in [-0.1, -0.05) is 48.5 Å². The molecule has 0 atom stereocenters. The van der Waals surface area contributed by atoms with Gasteiger partial charge in [0.1, 0.15) is 22.1 Å². The van der Waals surface area contributed by atoms with Crippen LogP contribution in [0.5, 0.6) is 11.5 Å². The highest BCUT2D eigenvalue weighted by Gasteiger charge is 2.34. The first-order valence-electron chi connectivity index (χ1n) is 10.3. The normalized spacial score (nSPS) is 14.9. The van der Waals surface area contributed by atoms with Gasteiger partial charge < -0.3 is 4.74 Å². The van der Waals surface area contributed by atoms with Crippen LogP contribution in [0.25, 0.3) is 16.6 Å². The number of ether oxygens (including phenoxy) is 1. The quantitative estimate of drug-likeness (QED) is 0.233. The standard InChI is InChI=1S/C26H17N3O3S2/c30-23-22(15-18-16-34-24(27-18)17-7-3-1-4-8-17)25(31)29(26(33)28-23)19-11-13-21(14-12-19)32-20-9-5-2-6-10-20/h1-16H,(H,28,30,33)/b22-15+. The minimum atomic E-state index is -0.551. The number of carbonyl (C=O) groups excluding carboxylic acids is 2. The fourth-order valence-electron chi connectivity index (χ4n) is 3.39. The second-order valence-electron chi connectivity index (χ2n) is 7.31. The van der Waals surface area contributed by atoms with Crippen LogP contribution in [0.15, 0.2) is 95.9 Å². The van der Waals surface area contributed by atoms with Gasteiger partial charge in [0.25, 0.3) is 11.8 Å². The fraction of sp³-hybridized carbons (Fsp3) is 0. The Morgan fingerprint density at radius 2 is 1.53 bits per heavy atom. The molecule has 1 aromatic heterocycles. The Bertz CT molecular complexity index is 1400. The van der Waals surface area contributed by atoms with Crippen LogP contribution in [0, 0.1) is 0 Å². The Hall–Kier alpha value is -4.14. The van der Waals surface area contributed by atoms with E-state index in [0.29, 0.717) is 22.9 Å². The molecule has 0 radical (unpaired) electrons. The van der Waals surface area contributed by atoms with Gasteiger partial charge in [0.2, 0.25) is 0 Å². The highest BCUT2D eigenvalue weighted by molar-refractivity contribution is 7.80.